The van der Waals surface area contributed by atoms with E-state index in [1.807, 2.05) is 30.3 Å². The summed E-state index contributed by atoms with van der Waals surface area (Å²) in [5.41, 5.74) is 1.78. The highest BCUT2D eigenvalue weighted by Crippen LogP contribution is 2.14. The zero-order valence-corrected chi connectivity index (χ0v) is 12.0. The van der Waals surface area contributed by atoms with Crippen molar-refractivity contribution in [2.24, 2.45) is 0 Å². The molecule has 2 aromatic carbocycles. The number of amides is 2. The first-order chi connectivity index (χ1) is 10.7. The van der Waals surface area contributed by atoms with E-state index in [1.165, 1.54) is 6.20 Å². The van der Waals surface area contributed by atoms with Crippen LogP contribution in [-0.2, 0) is 0 Å². The van der Waals surface area contributed by atoms with Gasteiger partial charge in [0, 0.05) is 6.20 Å². The summed E-state index contributed by atoms with van der Waals surface area (Å²) >= 11 is 0. The van der Waals surface area contributed by atoms with Crippen molar-refractivity contribution in [3.63, 3.8) is 0 Å². The van der Waals surface area contributed by atoms with Crippen molar-refractivity contribution in [2.75, 3.05) is 12.4 Å². The van der Waals surface area contributed by atoms with Gasteiger partial charge in [0.1, 0.15) is 11.8 Å². The van der Waals surface area contributed by atoms with Crippen LogP contribution in [0.1, 0.15) is 11.1 Å². The number of benzene rings is 2. The molecule has 0 fully saturated rings. The Hall–Kier alpha value is -3.26. The highest BCUT2D eigenvalue weighted by atomic mass is 16.5. The van der Waals surface area contributed by atoms with E-state index in [2.05, 4.69) is 10.6 Å². The summed E-state index contributed by atoms with van der Waals surface area (Å²) in [6.07, 6.45) is 3.28. The molecule has 110 valence electrons. The Morgan fingerprint density at radius 1 is 1.23 bits per heavy atom. The van der Waals surface area contributed by atoms with Crippen LogP contribution in [0.5, 0.6) is 5.75 Å². The zero-order valence-electron chi connectivity index (χ0n) is 12.0. The van der Waals surface area contributed by atoms with E-state index >= 15 is 0 Å². The molecule has 0 heterocycles. The molecule has 2 N–H and O–H groups in total. The third-order valence-corrected chi connectivity index (χ3v) is 2.88. The van der Waals surface area contributed by atoms with Gasteiger partial charge in [-0.3, -0.25) is 0 Å². The molecule has 0 atom stereocenters. The van der Waals surface area contributed by atoms with E-state index < -0.39 is 6.03 Å². The predicted molar refractivity (Wildman–Crippen MR) is 85.3 cm³/mol. The summed E-state index contributed by atoms with van der Waals surface area (Å²) in [4.78, 5) is 11.8. The first kappa shape index (κ1) is 15.1. The number of urea groups is 1. The Morgan fingerprint density at radius 3 is 2.82 bits per heavy atom. The van der Waals surface area contributed by atoms with E-state index in [-0.39, 0.29) is 0 Å². The number of hydrogen-bond acceptors (Lipinski definition) is 3. The molecule has 0 aliphatic heterocycles. The smallest absolute Gasteiger partial charge is 0.323 e. The number of para-hydroxylation sites is 1. The van der Waals surface area contributed by atoms with Gasteiger partial charge in [0.2, 0.25) is 0 Å². The summed E-state index contributed by atoms with van der Waals surface area (Å²) < 4.78 is 5.12. The first-order valence-corrected chi connectivity index (χ1v) is 6.60. The molecule has 2 aromatic rings. The number of nitrogens with one attached hydrogen (secondary N) is 2. The van der Waals surface area contributed by atoms with Crippen LogP contribution in [0.3, 0.4) is 0 Å². The average molecular weight is 293 g/mol. The fourth-order valence-electron chi connectivity index (χ4n) is 1.81. The molecule has 0 aliphatic carbocycles. The second kappa shape index (κ2) is 7.50. The van der Waals surface area contributed by atoms with Crippen LogP contribution >= 0.6 is 0 Å². The molecule has 5 heteroatoms. The fourth-order valence-corrected chi connectivity index (χ4v) is 1.81. The lowest BCUT2D eigenvalue weighted by molar-refractivity contribution is 0.255. The van der Waals surface area contributed by atoms with Gasteiger partial charge in [-0.25, -0.2) is 4.79 Å². The van der Waals surface area contributed by atoms with E-state index in [1.54, 1.807) is 37.5 Å². The molecular formula is C17H15N3O2. The summed E-state index contributed by atoms with van der Waals surface area (Å²) in [5, 5.41) is 14.2. The second-order valence-corrected chi connectivity index (χ2v) is 4.37. The molecule has 0 aliphatic rings. The first-order valence-electron chi connectivity index (χ1n) is 6.60. The molecule has 0 saturated heterocycles. The highest BCUT2D eigenvalue weighted by molar-refractivity contribution is 5.91. The van der Waals surface area contributed by atoms with Gasteiger partial charge in [-0.1, -0.05) is 24.3 Å². The quantitative estimate of drug-likeness (QED) is 0.907. The van der Waals surface area contributed by atoms with E-state index in [0.29, 0.717) is 11.3 Å². The largest absolute Gasteiger partial charge is 0.497 e. The van der Waals surface area contributed by atoms with E-state index in [4.69, 9.17) is 10.00 Å². The molecule has 2 amide bonds. The van der Waals surface area contributed by atoms with Gasteiger partial charge in [0.05, 0.1) is 18.4 Å². The number of methoxy groups -OCH3 is 1. The monoisotopic (exact) mass is 293 g/mol. The standard InChI is InChI=1S/C17H15N3O2/c1-22-15-7-4-5-13(11-15)9-10-19-17(21)20-16-8-3-2-6-14(16)12-18/h2-11H,1H3,(H2,19,20,21)/b10-9+. The number of hydrogen-bond donors (Lipinski definition) is 2. The maximum absolute atomic E-state index is 11.8. The minimum atomic E-state index is -0.415. The van der Waals surface area contributed by atoms with Gasteiger partial charge < -0.3 is 15.4 Å². The lowest BCUT2D eigenvalue weighted by Crippen LogP contribution is -2.24. The van der Waals surface area contributed by atoms with Gasteiger partial charge in [0.25, 0.3) is 0 Å². The van der Waals surface area contributed by atoms with Gasteiger partial charge in [-0.05, 0) is 35.9 Å². The molecule has 0 aromatic heterocycles. The maximum atomic E-state index is 11.8. The summed E-state index contributed by atoms with van der Waals surface area (Å²) in [5.74, 6) is 0.745. The predicted octanol–water partition coefficient (Wildman–Crippen LogP) is 3.36. The Bertz CT molecular complexity index is 733. The Balaban J connectivity index is 1.95. The Morgan fingerprint density at radius 2 is 2.05 bits per heavy atom. The van der Waals surface area contributed by atoms with Crippen molar-refractivity contribution in [1.82, 2.24) is 5.32 Å². The number of rotatable bonds is 4. The number of anilines is 1. The minimum Gasteiger partial charge on any atom is -0.497 e. The van der Waals surface area contributed by atoms with Gasteiger partial charge in [-0.2, -0.15) is 5.26 Å². The highest BCUT2D eigenvalue weighted by Gasteiger charge is 2.03. The number of ether oxygens (including phenoxy) is 1. The number of carbonyl (C=O) groups excluding carboxylic acids is 1. The maximum Gasteiger partial charge on any atom is 0.323 e. The van der Waals surface area contributed by atoms with Crippen LogP contribution in [0.15, 0.2) is 54.7 Å². The normalized spacial score (nSPS) is 10.0. The topological polar surface area (TPSA) is 74.2 Å². The Labute approximate surface area is 128 Å². The molecule has 0 saturated carbocycles. The molecule has 0 radical (unpaired) electrons. The summed E-state index contributed by atoms with van der Waals surface area (Å²) in [6, 6.07) is 15.9. The second-order valence-electron chi connectivity index (χ2n) is 4.37. The lowest BCUT2D eigenvalue weighted by atomic mass is 10.2. The lowest BCUT2D eigenvalue weighted by Gasteiger charge is -2.06. The zero-order chi connectivity index (χ0) is 15.8. The molecule has 0 unspecified atom stereocenters. The van der Waals surface area contributed by atoms with Crippen LogP contribution in [0.2, 0.25) is 0 Å². The van der Waals surface area contributed by atoms with Crippen molar-refractivity contribution in [2.45, 2.75) is 0 Å². The van der Waals surface area contributed by atoms with Crippen LogP contribution in [0.25, 0.3) is 6.08 Å². The third-order valence-electron chi connectivity index (χ3n) is 2.88. The van der Waals surface area contributed by atoms with Crippen molar-refractivity contribution >= 4 is 17.8 Å². The molecule has 0 spiro atoms. The summed E-state index contributed by atoms with van der Waals surface area (Å²) in [6.45, 7) is 0. The average Bonchev–Trinajstić information content (AvgIpc) is 2.55. The van der Waals surface area contributed by atoms with E-state index in [9.17, 15) is 4.79 Å². The molecule has 0 bridgehead atoms. The van der Waals surface area contributed by atoms with Gasteiger partial charge in [0.15, 0.2) is 0 Å². The van der Waals surface area contributed by atoms with Crippen molar-refractivity contribution < 1.29 is 9.53 Å². The van der Waals surface area contributed by atoms with Gasteiger partial charge in [-0.15, -0.1) is 0 Å². The van der Waals surface area contributed by atoms with Crippen LogP contribution in [0.4, 0.5) is 10.5 Å². The van der Waals surface area contributed by atoms with Crippen LogP contribution < -0.4 is 15.4 Å². The van der Waals surface area contributed by atoms with Crippen molar-refractivity contribution in [3.05, 3.63) is 65.9 Å². The SMILES string of the molecule is COc1cccc(/C=C/NC(=O)Nc2ccccc2C#N)c1. The third kappa shape index (κ3) is 4.12. The van der Waals surface area contributed by atoms with Crippen LogP contribution in [-0.4, -0.2) is 13.1 Å². The van der Waals surface area contributed by atoms with Crippen LogP contribution in [0, 0.1) is 11.3 Å². The van der Waals surface area contributed by atoms with Crippen molar-refractivity contribution in [1.29, 1.82) is 5.26 Å². The van der Waals surface area contributed by atoms with E-state index in [0.717, 1.165) is 11.3 Å². The molecule has 2 rings (SSSR count). The molecule has 5 nitrogen and oxygen atoms in total. The Kier molecular flexibility index (Phi) is 5.16. The number of nitriles is 1. The minimum absolute atomic E-state index is 0.412. The summed E-state index contributed by atoms with van der Waals surface area (Å²) in [7, 11) is 1.60. The van der Waals surface area contributed by atoms with Gasteiger partial charge >= 0.3 is 6.03 Å². The van der Waals surface area contributed by atoms with Crippen molar-refractivity contribution in [3.8, 4) is 11.8 Å². The fraction of sp³-hybridized carbons (Fsp3) is 0.0588. The number of carbonyl (C=O) groups is 1. The molecular weight excluding hydrogens is 278 g/mol. The molecule has 22 heavy (non-hydrogen) atoms. The number of nitrogens with zero attached hydrogens (tertiary/aromatic N) is 1.